The normalized spacial score (nSPS) is 10.8. The molecule has 0 bridgehead atoms. The Balaban J connectivity index is 1.94. The molecule has 0 fully saturated rings. The fourth-order valence-electron chi connectivity index (χ4n) is 2.16. The number of hydrogen-bond donors (Lipinski definition) is 0. The van der Waals surface area contributed by atoms with Gasteiger partial charge in [0.05, 0.1) is 4.47 Å². The first kappa shape index (κ1) is 14.3. The van der Waals surface area contributed by atoms with Gasteiger partial charge >= 0.3 is 0 Å². The SMILES string of the molecule is Fc1ccc(Cn2ccnc2-c2cccc(Cl)c2)cc1Br. The van der Waals surface area contributed by atoms with Crippen LogP contribution in [-0.2, 0) is 6.54 Å². The summed E-state index contributed by atoms with van der Waals surface area (Å²) in [6.07, 6.45) is 3.64. The zero-order valence-electron chi connectivity index (χ0n) is 10.9. The number of rotatable bonds is 3. The predicted molar refractivity (Wildman–Crippen MR) is 85.9 cm³/mol. The Kier molecular flexibility index (Phi) is 4.08. The number of halogens is 3. The Hall–Kier alpha value is -1.65. The number of benzene rings is 2. The lowest BCUT2D eigenvalue weighted by atomic mass is 10.2. The van der Waals surface area contributed by atoms with E-state index in [1.54, 1.807) is 18.3 Å². The van der Waals surface area contributed by atoms with Gasteiger partial charge in [-0.05, 0) is 45.8 Å². The van der Waals surface area contributed by atoms with E-state index in [2.05, 4.69) is 20.9 Å². The summed E-state index contributed by atoms with van der Waals surface area (Å²) < 4.78 is 15.8. The van der Waals surface area contributed by atoms with E-state index in [0.717, 1.165) is 17.0 Å². The van der Waals surface area contributed by atoms with Crippen LogP contribution < -0.4 is 0 Å². The van der Waals surface area contributed by atoms with Gasteiger partial charge in [-0.25, -0.2) is 9.37 Å². The van der Waals surface area contributed by atoms with E-state index in [1.807, 2.05) is 35.0 Å². The van der Waals surface area contributed by atoms with Crippen LogP contribution in [-0.4, -0.2) is 9.55 Å². The molecule has 5 heteroatoms. The van der Waals surface area contributed by atoms with Crippen molar-refractivity contribution in [3.05, 3.63) is 75.7 Å². The highest BCUT2D eigenvalue weighted by molar-refractivity contribution is 9.10. The van der Waals surface area contributed by atoms with Crippen LogP contribution in [0.4, 0.5) is 4.39 Å². The maximum absolute atomic E-state index is 13.3. The molecule has 0 atom stereocenters. The molecular formula is C16H11BrClFN2. The molecule has 0 aliphatic heterocycles. The third-order valence-corrected chi connectivity index (χ3v) is 3.98. The molecule has 0 N–H and O–H groups in total. The van der Waals surface area contributed by atoms with Gasteiger partial charge in [-0.2, -0.15) is 0 Å². The summed E-state index contributed by atoms with van der Waals surface area (Å²) in [5, 5.41) is 0.673. The van der Waals surface area contributed by atoms with Gasteiger partial charge in [-0.1, -0.05) is 29.8 Å². The van der Waals surface area contributed by atoms with Crippen molar-refractivity contribution in [2.24, 2.45) is 0 Å². The molecular weight excluding hydrogens is 355 g/mol. The second-order valence-electron chi connectivity index (χ2n) is 4.64. The largest absolute Gasteiger partial charge is 0.327 e. The van der Waals surface area contributed by atoms with Gasteiger partial charge in [0.2, 0.25) is 0 Å². The summed E-state index contributed by atoms with van der Waals surface area (Å²) in [4.78, 5) is 4.38. The zero-order chi connectivity index (χ0) is 14.8. The van der Waals surface area contributed by atoms with E-state index >= 15 is 0 Å². The summed E-state index contributed by atoms with van der Waals surface area (Å²) >= 11 is 9.23. The molecule has 0 spiro atoms. The van der Waals surface area contributed by atoms with Gasteiger partial charge < -0.3 is 4.57 Å². The van der Waals surface area contributed by atoms with Gasteiger partial charge in [-0.3, -0.25) is 0 Å². The molecule has 0 aliphatic carbocycles. The van der Waals surface area contributed by atoms with Gasteiger partial charge in [0, 0.05) is 29.5 Å². The Morgan fingerprint density at radius 2 is 2.05 bits per heavy atom. The van der Waals surface area contributed by atoms with E-state index in [9.17, 15) is 4.39 Å². The predicted octanol–water partition coefficient (Wildman–Crippen LogP) is 5.15. The van der Waals surface area contributed by atoms with Crippen molar-refractivity contribution in [1.29, 1.82) is 0 Å². The van der Waals surface area contributed by atoms with Crippen LogP contribution in [0.15, 0.2) is 59.3 Å². The summed E-state index contributed by atoms with van der Waals surface area (Å²) in [6, 6.07) is 12.6. The van der Waals surface area contributed by atoms with Crippen LogP contribution >= 0.6 is 27.5 Å². The highest BCUT2D eigenvalue weighted by Gasteiger charge is 2.08. The molecule has 0 unspecified atom stereocenters. The number of imidazole rings is 1. The van der Waals surface area contributed by atoms with Gasteiger partial charge in [0.25, 0.3) is 0 Å². The molecule has 0 saturated heterocycles. The van der Waals surface area contributed by atoms with Crippen molar-refractivity contribution in [1.82, 2.24) is 9.55 Å². The molecule has 106 valence electrons. The second-order valence-corrected chi connectivity index (χ2v) is 5.93. The Labute approximate surface area is 135 Å². The van der Waals surface area contributed by atoms with Crippen LogP contribution in [0.25, 0.3) is 11.4 Å². The number of hydrogen-bond acceptors (Lipinski definition) is 1. The van der Waals surface area contributed by atoms with Crippen LogP contribution in [0.2, 0.25) is 5.02 Å². The fourth-order valence-corrected chi connectivity index (χ4v) is 2.78. The van der Waals surface area contributed by atoms with Gasteiger partial charge in [0.15, 0.2) is 0 Å². The zero-order valence-corrected chi connectivity index (χ0v) is 13.3. The lowest BCUT2D eigenvalue weighted by Gasteiger charge is -2.09. The molecule has 0 radical (unpaired) electrons. The standard InChI is InChI=1S/C16H11BrClFN2/c17-14-8-11(4-5-15(14)19)10-21-7-6-20-16(21)12-2-1-3-13(18)9-12/h1-9H,10H2. The Morgan fingerprint density at radius 3 is 2.81 bits per heavy atom. The highest BCUT2D eigenvalue weighted by atomic mass is 79.9. The van der Waals surface area contributed by atoms with Crippen molar-refractivity contribution in [3.63, 3.8) is 0 Å². The van der Waals surface area contributed by atoms with Crippen LogP contribution in [0, 0.1) is 5.82 Å². The molecule has 0 amide bonds. The van der Waals surface area contributed by atoms with Crippen LogP contribution in [0.1, 0.15) is 5.56 Å². The van der Waals surface area contributed by atoms with Crippen molar-refractivity contribution in [2.45, 2.75) is 6.54 Å². The molecule has 2 aromatic carbocycles. The van der Waals surface area contributed by atoms with Crippen molar-refractivity contribution < 1.29 is 4.39 Å². The number of aromatic nitrogens is 2. The smallest absolute Gasteiger partial charge is 0.140 e. The molecule has 21 heavy (non-hydrogen) atoms. The van der Waals surface area contributed by atoms with Gasteiger partial charge in [0.1, 0.15) is 11.6 Å². The molecule has 1 aromatic heterocycles. The minimum Gasteiger partial charge on any atom is -0.327 e. The maximum atomic E-state index is 13.3. The summed E-state index contributed by atoms with van der Waals surface area (Å²) in [6.45, 7) is 0.612. The summed E-state index contributed by atoms with van der Waals surface area (Å²) in [5.41, 5.74) is 1.94. The quantitative estimate of drug-likeness (QED) is 0.627. The van der Waals surface area contributed by atoms with Crippen molar-refractivity contribution in [3.8, 4) is 11.4 Å². The lowest BCUT2D eigenvalue weighted by Crippen LogP contribution is -2.01. The lowest BCUT2D eigenvalue weighted by molar-refractivity contribution is 0.619. The molecule has 0 aliphatic rings. The summed E-state index contributed by atoms with van der Waals surface area (Å²) in [7, 11) is 0. The van der Waals surface area contributed by atoms with E-state index in [0.29, 0.717) is 16.0 Å². The second kappa shape index (κ2) is 6.00. The summed E-state index contributed by atoms with van der Waals surface area (Å²) in [5.74, 6) is 0.567. The van der Waals surface area contributed by atoms with E-state index < -0.39 is 0 Å². The molecule has 2 nitrogen and oxygen atoms in total. The van der Waals surface area contributed by atoms with E-state index in [-0.39, 0.29) is 5.82 Å². The highest BCUT2D eigenvalue weighted by Crippen LogP contribution is 2.23. The topological polar surface area (TPSA) is 17.8 Å². The first-order valence-electron chi connectivity index (χ1n) is 6.34. The maximum Gasteiger partial charge on any atom is 0.140 e. The minimum atomic E-state index is -0.264. The minimum absolute atomic E-state index is 0.264. The first-order valence-corrected chi connectivity index (χ1v) is 7.51. The number of nitrogens with zero attached hydrogens (tertiary/aromatic N) is 2. The fraction of sp³-hybridized carbons (Fsp3) is 0.0625. The molecule has 3 aromatic rings. The van der Waals surface area contributed by atoms with E-state index in [1.165, 1.54) is 6.07 Å². The Morgan fingerprint density at radius 1 is 1.19 bits per heavy atom. The molecule has 0 saturated carbocycles. The first-order chi connectivity index (χ1) is 10.1. The van der Waals surface area contributed by atoms with Gasteiger partial charge in [-0.15, -0.1) is 0 Å². The third kappa shape index (κ3) is 3.17. The van der Waals surface area contributed by atoms with E-state index in [4.69, 9.17) is 11.6 Å². The average Bonchev–Trinajstić information content (AvgIpc) is 2.91. The third-order valence-electron chi connectivity index (χ3n) is 3.14. The van der Waals surface area contributed by atoms with Crippen molar-refractivity contribution >= 4 is 27.5 Å². The molecule has 1 heterocycles. The average molecular weight is 366 g/mol. The van der Waals surface area contributed by atoms with Crippen molar-refractivity contribution in [2.75, 3.05) is 0 Å². The van der Waals surface area contributed by atoms with Crippen LogP contribution in [0.5, 0.6) is 0 Å². The van der Waals surface area contributed by atoms with Crippen LogP contribution in [0.3, 0.4) is 0 Å². The molecule has 3 rings (SSSR count). The monoisotopic (exact) mass is 364 g/mol. The Bertz CT molecular complexity index is 785.